The maximum atomic E-state index is 6.14. The molecular weight excluding hydrogens is 302 g/mol. The summed E-state index contributed by atoms with van der Waals surface area (Å²) in [6, 6.07) is 19.7. The molecule has 1 nitrogen and oxygen atoms in total. The first-order valence-corrected chi connectivity index (χ1v) is 8.59. The Hall–Kier alpha value is -2.25. The average molecular weight is 318 g/mol. The van der Waals surface area contributed by atoms with E-state index in [4.69, 9.17) is 11.6 Å². The molecule has 3 aromatic carbocycles. The second kappa shape index (κ2) is 4.87. The van der Waals surface area contributed by atoms with E-state index in [0.29, 0.717) is 5.88 Å². The summed E-state index contributed by atoms with van der Waals surface area (Å²) >= 11 is 6.14. The number of H-pyrrole nitrogens is 1. The van der Waals surface area contributed by atoms with Gasteiger partial charge in [-0.3, -0.25) is 0 Å². The highest BCUT2D eigenvalue weighted by Gasteiger charge is 2.18. The second-order valence-corrected chi connectivity index (χ2v) is 6.58. The smallest absolute Gasteiger partial charge is 0.0480 e. The fourth-order valence-corrected chi connectivity index (χ4v) is 4.22. The Bertz CT molecular complexity index is 1060. The molecule has 0 atom stereocenters. The molecule has 2 heteroatoms. The number of hydrogen-bond donors (Lipinski definition) is 1. The van der Waals surface area contributed by atoms with E-state index in [1.165, 1.54) is 49.6 Å². The summed E-state index contributed by atoms with van der Waals surface area (Å²) in [5.74, 6) is 0.542. The van der Waals surface area contributed by atoms with Gasteiger partial charge < -0.3 is 4.98 Å². The minimum absolute atomic E-state index is 0.542. The van der Waals surface area contributed by atoms with Crippen molar-refractivity contribution in [2.24, 2.45) is 0 Å². The van der Waals surface area contributed by atoms with Crippen LogP contribution in [0.4, 0.5) is 0 Å². The van der Waals surface area contributed by atoms with Crippen LogP contribution in [0.5, 0.6) is 0 Å². The van der Waals surface area contributed by atoms with Crippen molar-refractivity contribution < 1.29 is 0 Å². The van der Waals surface area contributed by atoms with E-state index in [2.05, 4.69) is 59.6 Å². The number of alkyl halides is 1. The van der Waals surface area contributed by atoms with Gasteiger partial charge in [-0.25, -0.2) is 0 Å². The van der Waals surface area contributed by atoms with Crippen molar-refractivity contribution in [2.45, 2.75) is 18.7 Å². The Morgan fingerprint density at radius 3 is 2.57 bits per heavy atom. The highest BCUT2D eigenvalue weighted by atomic mass is 35.5. The van der Waals surface area contributed by atoms with Crippen LogP contribution in [0.3, 0.4) is 0 Å². The zero-order valence-electron chi connectivity index (χ0n) is 12.7. The summed E-state index contributed by atoms with van der Waals surface area (Å²) in [6.07, 6.45) is 2.23. The van der Waals surface area contributed by atoms with Gasteiger partial charge in [-0.15, -0.1) is 11.6 Å². The molecule has 0 saturated carbocycles. The maximum Gasteiger partial charge on any atom is 0.0480 e. The number of aromatic amines is 1. The molecule has 112 valence electrons. The van der Waals surface area contributed by atoms with E-state index in [1.807, 2.05) is 0 Å². The Labute approximate surface area is 139 Å². The molecule has 0 saturated heterocycles. The molecule has 0 unspecified atom stereocenters. The van der Waals surface area contributed by atoms with E-state index in [0.717, 1.165) is 12.8 Å². The molecule has 5 rings (SSSR count). The largest absolute Gasteiger partial charge is 0.354 e. The summed E-state index contributed by atoms with van der Waals surface area (Å²) in [4.78, 5) is 3.61. The summed E-state index contributed by atoms with van der Waals surface area (Å²) in [6.45, 7) is 0. The van der Waals surface area contributed by atoms with E-state index in [1.54, 1.807) is 0 Å². The van der Waals surface area contributed by atoms with Crippen LogP contribution in [0.2, 0.25) is 0 Å². The summed E-state index contributed by atoms with van der Waals surface area (Å²) in [5.41, 5.74) is 9.10. The summed E-state index contributed by atoms with van der Waals surface area (Å²) in [7, 11) is 0. The number of halogens is 1. The Kier molecular flexibility index (Phi) is 2.80. The number of rotatable bonds is 2. The lowest BCUT2D eigenvalue weighted by molar-refractivity contribution is 0.969. The lowest BCUT2D eigenvalue weighted by Crippen LogP contribution is -1.99. The van der Waals surface area contributed by atoms with E-state index >= 15 is 0 Å². The van der Waals surface area contributed by atoms with Crippen LogP contribution < -0.4 is 0 Å². The van der Waals surface area contributed by atoms with Crippen molar-refractivity contribution in [1.82, 2.24) is 4.98 Å². The van der Waals surface area contributed by atoms with Crippen molar-refractivity contribution >= 4 is 33.4 Å². The van der Waals surface area contributed by atoms with Gasteiger partial charge in [0.15, 0.2) is 0 Å². The van der Waals surface area contributed by atoms with Gasteiger partial charge in [0, 0.05) is 27.7 Å². The first-order valence-electron chi connectivity index (χ1n) is 8.05. The first kappa shape index (κ1) is 13.2. The van der Waals surface area contributed by atoms with Gasteiger partial charge in [-0.2, -0.15) is 0 Å². The first-order chi connectivity index (χ1) is 11.3. The van der Waals surface area contributed by atoms with Crippen LogP contribution in [0.15, 0.2) is 54.6 Å². The third-order valence-corrected chi connectivity index (χ3v) is 5.31. The van der Waals surface area contributed by atoms with Crippen LogP contribution in [0, 0.1) is 0 Å². The molecule has 0 amide bonds. The van der Waals surface area contributed by atoms with Crippen molar-refractivity contribution in [3.8, 4) is 11.1 Å². The van der Waals surface area contributed by atoms with Gasteiger partial charge >= 0.3 is 0 Å². The van der Waals surface area contributed by atoms with E-state index in [-0.39, 0.29) is 0 Å². The molecule has 1 N–H and O–H groups in total. The molecule has 1 aliphatic rings. The van der Waals surface area contributed by atoms with Crippen LogP contribution >= 0.6 is 11.6 Å². The van der Waals surface area contributed by atoms with Crippen LogP contribution in [-0.2, 0) is 18.7 Å². The number of aromatic nitrogens is 1. The quantitative estimate of drug-likeness (QED) is 0.448. The molecule has 23 heavy (non-hydrogen) atoms. The number of aryl methyl sites for hydroxylation is 2. The zero-order valence-corrected chi connectivity index (χ0v) is 13.5. The number of hydrogen-bond acceptors (Lipinski definition) is 0. The minimum Gasteiger partial charge on any atom is -0.354 e. The minimum atomic E-state index is 0.542. The second-order valence-electron chi connectivity index (χ2n) is 6.31. The standard InChI is InChI=1S/C21H16ClN/c22-12-15-4-1-2-6-17(15)16-10-14-9-8-13-5-3-7-18-20(13)21(14)19(11-16)23-18/h1-7,10-11,23H,8-9,12H2. The highest BCUT2D eigenvalue weighted by Crippen LogP contribution is 2.39. The van der Waals surface area contributed by atoms with Crippen LogP contribution in [0.1, 0.15) is 16.7 Å². The molecule has 1 aromatic heterocycles. The third kappa shape index (κ3) is 1.87. The molecule has 0 spiro atoms. The monoisotopic (exact) mass is 317 g/mol. The molecule has 1 aliphatic carbocycles. The lowest BCUT2D eigenvalue weighted by Gasteiger charge is -2.15. The zero-order chi connectivity index (χ0) is 15.4. The molecule has 1 heterocycles. The Balaban J connectivity index is 1.86. The van der Waals surface area contributed by atoms with Crippen LogP contribution in [0.25, 0.3) is 32.9 Å². The predicted octanol–water partition coefficient (Wildman–Crippen LogP) is 5.83. The molecule has 0 aliphatic heterocycles. The summed E-state index contributed by atoms with van der Waals surface area (Å²) in [5, 5.41) is 2.83. The predicted molar refractivity (Wildman–Crippen MR) is 98.2 cm³/mol. The SMILES string of the molecule is ClCc1ccccc1-c1cc2c3c(c1)[nH]c1cccc(c13)CC2. The van der Waals surface area contributed by atoms with Crippen molar-refractivity contribution in [3.05, 3.63) is 71.3 Å². The highest BCUT2D eigenvalue weighted by molar-refractivity contribution is 6.17. The van der Waals surface area contributed by atoms with Crippen molar-refractivity contribution in [1.29, 1.82) is 0 Å². The van der Waals surface area contributed by atoms with Gasteiger partial charge in [0.25, 0.3) is 0 Å². The fraction of sp³-hybridized carbons (Fsp3) is 0.143. The van der Waals surface area contributed by atoms with E-state index in [9.17, 15) is 0 Å². The molecule has 0 radical (unpaired) electrons. The van der Waals surface area contributed by atoms with Crippen molar-refractivity contribution in [2.75, 3.05) is 0 Å². The molecule has 4 aromatic rings. The van der Waals surface area contributed by atoms with Gasteiger partial charge in [0.2, 0.25) is 0 Å². The summed E-state index contributed by atoms with van der Waals surface area (Å²) < 4.78 is 0. The topological polar surface area (TPSA) is 15.8 Å². The third-order valence-electron chi connectivity index (χ3n) is 5.03. The van der Waals surface area contributed by atoms with Gasteiger partial charge in [0.1, 0.15) is 0 Å². The number of nitrogens with one attached hydrogen (secondary N) is 1. The van der Waals surface area contributed by atoms with E-state index < -0.39 is 0 Å². The Morgan fingerprint density at radius 2 is 1.65 bits per heavy atom. The van der Waals surface area contributed by atoms with Crippen LogP contribution in [-0.4, -0.2) is 4.98 Å². The molecule has 0 fully saturated rings. The van der Waals surface area contributed by atoms with Gasteiger partial charge in [-0.1, -0.05) is 42.5 Å². The van der Waals surface area contributed by atoms with Gasteiger partial charge in [-0.05, 0) is 52.8 Å². The van der Waals surface area contributed by atoms with Gasteiger partial charge in [0.05, 0.1) is 0 Å². The molecular formula is C21H16ClN. The number of benzene rings is 3. The molecule has 0 bridgehead atoms. The Morgan fingerprint density at radius 1 is 0.826 bits per heavy atom. The van der Waals surface area contributed by atoms with Crippen molar-refractivity contribution in [3.63, 3.8) is 0 Å². The lowest BCUT2D eigenvalue weighted by atomic mass is 9.88. The average Bonchev–Trinajstić information content (AvgIpc) is 2.99. The fourth-order valence-electron chi connectivity index (χ4n) is 3.99. The normalized spacial score (nSPS) is 13.3. The maximum absolute atomic E-state index is 6.14.